The first kappa shape index (κ1) is 15.3. The number of carboxylic acid groups (broad SMARTS) is 1. The summed E-state index contributed by atoms with van der Waals surface area (Å²) in [7, 11) is -2.45. The first-order valence-corrected chi connectivity index (χ1v) is 7.04. The Morgan fingerprint density at radius 2 is 2.16 bits per heavy atom. The molecular formula is C11H16N2O5S. The number of anilines is 1. The molecule has 0 saturated heterocycles. The minimum Gasteiger partial charge on any atom is -0.495 e. The van der Waals surface area contributed by atoms with Crippen molar-refractivity contribution in [2.45, 2.75) is 24.3 Å². The third-order valence-electron chi connectivity index (χ3n) is 2.54. The smallest absolute Gasteiger partial charge is 0.326 e. The largest absolute Gasteiger partial charge is 0.495 e. The summed E-state index contributed by atoms with van der Waals surface area (Å²) in [5.74, 6) is -0.697. The van der Waals surface area contributed by atoms with Crippen molar-refractivity contribution in [2.75, 3.05) is 12.4 Å². The van der Waals surface area contributed by atoms with Crippen LogP contribution in [0.4, 0.5) is 5.69 Å². The van der Waals surface area contributed by atoms with Crippen molar-refractivity contribution in [1.82, 2.24) is 0 Å². The van der Waals surface area contributed by atoms with Crippen LogP contribution in [0.2, 0.25) is 0 Å². The molecule has 1 atom stereocenters. The van der Waals surface area contributed by atoms with E-state index in [4.69, 9.17) is 15.0 Å². The van der Waals surface area contributed by atoms with Crippen LogP contribution in [-0.2, 0) is 14.8 Å². The molecule has 0 aromatic heterocycles. The lowest BCUT2D eigenvalue weighted by Gasteiger charge is -2.17. The zero-order valence-electron chi connectivity index (χ0n) is 10.6. The van der Waals surface area contributed by atoms with E-state index >= 15 is 0 Å². The number of primary sulfonamides is 1. The summed E-state index contributed by atoms with van der Waals surface area (Å²) in [6, 6.07) is 3.11. The van der Waals surface area contributed by atoms with Gasteiger partial charge in [-0.2, -0.15) is 0 Å². The highest BCUT2D eigenvalue weighted by molar-refractivity contribution is 7.89. The summed E-state index contributed by atoms with van der Waals surface area (Å²) in [4.78, 5) is 10.9. The Labute approximate surface area is 111 Å². The molecule has 8 heteroatoms. The number of sulfonamides is 1. The van der Waals surface area contributed by atoms with Crippen LogP contribution in [0.5, 0.6) is 5.75 Å². The van der Waals surface area contributed by atoms with Gasteiger partial charge in [0.1, 0.15) is 11.8 Å². The van der Waals surface area contributed by atoms with Crippen LogP contribution >= 0.6 is 0 Å². The van der Waals surface area contributed by atoms with Gasteiger partial charge < -0.3 is 15.2 Å². The third kappa shape index (κ3) is 3.83. The third-order valence-corrected chi connectivity index (χ3v) is 3.45. The molecule has 0 aliphatic heterocycles. The Bertz CT molecular complexity index is 570. The van der Waals surface area contributed by atoms with Gasteiger partial charge >= 0.3 is 5.97 Å². The van der Waals surface area contributed by atoms with E-state index in [1.165, 1.54) is 25.3 Å². The van der Waals surface area contributed by atoms with E-state index in [0.29, 0.717) is 12.2 Å². The molecule has 0 saturated carbocycles. The van der Waals surface area contributed by atoms with Gasteiger partial charge in [0.2, 0.25) is 10.0 Å². The van der Waals surface area contributed by atoms with Crippen LogP contribution in [0.15, 0.2) is 23.1 Å². The maximum absolute atomic E-state index is 11.3. The second kappa shape index (κ2) is 5.89. The van der Waals surface area contributed by atoms with Crippen molar-refractivity contribution in [2.24, 2.45) is 5.14 Å². The molecule has 0 heterocycles. The molecule has 0 spiro atoms. The Balaban J connectivity index is 3.20. The summed E-state index contributed by atoms with van der Waals surface area (Å²) < 4.78 is 27.6. The highest BCUT2D eigenvalue weighted by atomic mass is 32.2. The normalized spacial score (nSPS) is 12.8. The molecule has 4 N–H and O–H groups in total. The van der Waals surface area contributed by atoms with E-state index in [0.717, 1.165) is 0 Å². The number of benzene rings is 1. The van der Waals surface area contributed by atoms with Crippen LogP contribution in [0.25, 0.3) is 0 Å². The lowest BCUT2D eigenvalue weighted by atomic mass is 10.2. The fourth-order valence-electron chi connectivity index (χ4n) is 1.50. The van der Waals surface area contributed by atoms with Gasteiger partial charge in [0, 0.05) is 0 Å². The van der Waals surface area contributed by atoms with Crippen LogP contribution < -0.4 is 15.2 Å². The van der Waals surface area contributed by atoms with Crippen molar-refractivity contribution in [3.63, 3.8) is 0 Å². The summed E-state index contributed by atoms with van der Waals surface area (Å²) in [5, 5.41) is 16.7. The summed E-state index contributed by atoms with van der Waals surface area (Å²) in [5.41, 5.74) is 0.267. The standard InChI is InChI=1S/C11H16N2O5S/c1-3-8(11(14)15)13-9-6-7(19(12,16)17)4-5-10(9)18-2/h4-6,8,13H,3H2,1-2H3,(H,14,15)(H2,12,16,17). The van der Waals surface area contributed by atoms with Crippen molar-refractivity contribution < 1.29 is 23.1 Å². The van der Waals surface area contributed by atoms with Gasteiger partial charge in [-0.15, -0.1) is 0 Å². The fraction of sp³-hybridized carbons (Fsp3) is 0.364. The van der Waals surface area contributed by atoms with Crippen LogP contribution in [0.1, 0.15) is 13.3 Å². The molecule has 0 aliphatic carbocycles. The maximum atomic E-state index is 11.3. The van der Waals surface area contributed by atoms with Crippen LogP contribution in [-0.4, -0.2) is 32.6 Å². The monoisotopic (exact) mass is 288 g/mol. The number of hydrogen-bond donors (Lipinski definition) is 3. The quantitative estimate of drug-likeness (QED) is 0.706. The number of rotatable bonds is 6. The fourth-order valence-corrected chi connectivity index (χ4v) is 2.04. The number of nitrogens with one attached hydrogen (secondary N) is 1. The molecule has 0 amide bonds. The average molecular weight is 288 g/mol. The molecule has 0 fully saturated rings. The van der Waals surface area contributed by atoms with E-state index in [1.807, 2.05) is 0 Å². The average Bonchev–Trinajstić information content (AvgIpc) is 2.34. The van der Waals surface area contributed by atoms with Crippen molar-refractivity contribution in [3.05, 3.63) is 18.2 Å². The predicted octanol–water partition coefficient (Wildman–Crippen LogP) is 0.618. The van der Waals surface area contributed by atoms with Gasteiger partial charge in [-0.3, -0.25) is 0 Å². The van der Waals surface area contributed by atoms with Crippen molar-refractivity contribution in [3.8, 4) is 5.75 Å². The lowest BCUT2D eigenvalue weighted by Crippen LogP contribution is -2.28. The zero-order chi connectivity index (χ0) is 14.6. The first-order chi connectivity index (χ1) is 8.79. The summed E-state index contributed by atoms with van der Waals surface area (Å²) >= 11 is 0. The van der Waals surface area contributed by atoms with E-state index in [-0.39, 0.29) is 10.6 Å². The molecule has 106 valence electrons. The number of methoxy groups -OCH3 is 1. The Kier molecular flexibility index (Phi) is 4.73. The topological polar surface area (TPSA) is 119 Å². The molecule has 1 aromatic carbocycles. The number of ether oxygens (including phenoxy) is 1. The molecule has 1 unspecified atom stereocenters. The second-order valence-electron chi connectivity index (χ2n) is 3.85. The zero-order valence-corrected chi connectivity index (χ0v) is 11.4. The number of hydrogen-bond acceptors (Lipinski definition) is 5. The molecule has 0 aliphatic rings. The summed E-state index contributed by atoms with van der Waals surface area (Å²) in [6.45, 7) is 1.70. The van der Waals surface area contributed by atoms with Crippen LogP contribution in [0.3, 0.4) is 0 Å². The van der Waals surface area contributed by atoms with Crippen molar-refractivity contribution >= 4 is 21.7 Å². The van der Waals surface area contributed by atoms with E-state index in [2.05, 4.69) is 5.32 Å². The molecule has 0 bridgehead atoms. The van der Waals surface area contributed by atoms with Gasteiger partial charge in [-0.1, -0.05) is 6.92 Å². The lowest BCUT2D eigenvalue weighted by molar-refractivity contribution is -0.137. The first-order valence-electron chi connectivity index (χ1n) is 5.49. The number of aliphatic carboxylic acids is 1. The molecule has 0 radical (unpaired) electrons. The maximum Gasteiger partial charge on any atom is 0.326 e. The van der Waals surface area contributed by atoms with Crippen LogP contribution in [0, 0.1) is 0 Å². The van der Waals surface area contributed by atoms with Gasteiger partial charge in [0.05, 0.1) is 17.7 Å². The van der Waals surface area contributed by atoms with Gasteiger partial charge in [-0.05, 0) is 24.6 Å². The second-order valence-corrected chi connectivity index (χ2v) is 5.41. The van der Waals surface area contributed by atoms with E-state index in [1.54, 1.807) is 6.92 Å². The highest BCUT2D eigenvalue weighted by Crippen LogP contribution is 2.28. The number of nitrogens with two attached hydrogens (primary N) is 1. The summed E-state index contributed by atoms with van der Waals surface area (Å²) in [6.07, 6.45) is 0.331. The molecule has 7 nitrogen and oxygen atoms in total. The van der Waals surface area contributed by atoms with Gasteiger partial charge in [0.25, 0.3) is 0 Å². The number of carboxylic acids is 1. The highest BCUT2D eigenvalue weighted by Gasteiger charge is 2.18. The molecule has 19 heavy (non-hydrogen) atoms. The van der Waals surface area contributed by atoms with Crippen molar-refractivity contribution in [1.29, 1.82) is 0 Å². The molecule has 1 aromatic rings. The van der Waals surface area contributed by atoms with Gasteiger partial charge in [-0.25, -0.2) is 18.4 Å². The Hall–Kier alpha value is -1.80. The van der Waals surface area contributed by atoms with E-state index < -0.39 is 22.0 Å². The Morgan fingerprint density at radius 1 is 1.53 bits per heavy atom. The van der Waals surface area contributed by atoms with Gasteiger partial charge in [0.15, 0.2) is 0 Å². The minimum absolute atomic E-state index is 0.115. The Morgan fingerprint density at radius 3 is 2.58 bits per heavy atom. The predicted molar refractivity (Wildman–Crippen MR) is 69.7 cm³/mol. The molecule has 1 rings (SSSR count). The SMILES string of the molecule is CCC(Nc1cc(S(N)(=O)=O)ccc1OC)C(=O)O. The number of carbonyl (C=O) groups is 1. The molecular weight excluding hydrogens is 272 g/mol. The van der Waals surface area contributed by atoms with E-state index in [9.17, 15) is 13.2 Å². The minimum atomic E-state index is -3.86.